The molecular weight excluding hydrogens is 351 g/mol. The van der Waals surface area contributed by atoms with Crippen LogP contribution in [0.25, 0.3) is 0 Å². The first-order valence-corrected chi connectivity index (χ1v) is 8.65. The molecule has 1 aliphatic rings. The van der Waals surface area contributed by atoms with E-state index in [0.29, 0.717) is 0 Å². The van der Waals surface area contributed by atoms with Crippen LogP contribution in [0.4, 0.5) is 0 Å². The number of rotatable bonds is 9. The molecular formula is C16H26O8P+. The summed E-state index contributed by atoms with van der Waals surface area (Å²) in [6, 6.07) is 0. The summed E-state index contributed by atoms with van der Waals surface area (Å²) in [6.07, 6.45) is 2.16. The van der Waals surface area contributed by atoms with Crippen LogP contribution >= 0.6 is 7.80 Å². The Labute approximate surface area is 148 Å². The molecule has 0 aromatic heterocycles. The van der Waals surface area contributed by atoms with Gasteiger partial charge in [-0.1, -0.05) is 11.1 Å². The lowest BCUT2D eigenvalue weighted by atomic mass is 9.86. The standard InChI is InChI=1S/C16H26O8P/c1-11(2)13(17)25(18)14(20-4)10-9-12(19-3)15(21-5,22-6)16(14,23-7)24-8/h9-10,12H,1H2,2-8H3/q+1. The van der Waals surface area contributed by atoms with Crippen molar-refractivity contribution in [3.63, 3.8) is 0 Å². The highest BCUT2D eigenvalue weighted by atomic mass is 31.1. The highest BCUT2D eigenvalue weighted by molar-refractivity contribution is 7.66. The van der Waals surface area contributed by atoms with Crippen LogP contribution in [0.3, 0.4) is 0 Å². The predicted octanol–water partition coefficient (Wildman–Crippen LogP) is 1.82. The summed E-state index contributed by atoms with van der Waals surface area (Å²) < 4.78 is 46.6. The molecule has 0 spiro atoms. The minimum absolute atomic E-state index is 0.112. The molecule has 0 aromatic carbocycles. The Morgan fingerprint density at radius 1 is 1.00 bits per heavy atom. The number of hydrogen-bond acceptors (Lipinski definition) is 8. The van der Waals surface area contributed by atoms with Gasteiger partial charge in [-0.15, -0.1) is 0 Å². The molecule has 0 aromatic rings. The summed E-state index contributed by atoms with van der Waals surface area (Å²) >= 11 is 0. The third-order valence-corrected chi connectivity index (χ3v) is 6.38. The Morgan fingerprint density at radius 3 is 1.84 bits per heavy atom. The molecule has 0 heterocycles. The molecule has 0 aliphatic heterocycles. The first kappa shape index (κ1) is 22.1. The van der Waals surface area contributed by atoms with Crippen molar-refractivity contribution in [3.05, 3.63) is 24.3 Å². The Kier molecular flexibility index (Phi) is 7.18. The summed E-state index contributed by atoms with van der Waals surface area (Å²) in [5.41, 5.74) is -0.571. The number of carbonyl (C=O) groups excluding carboxylic acids is 1. The molecule has 0 saturated heterocycles. The monoisotopic (exact) mass is 377 g/mol. The summed E-state index contributed by atoms with van der Waals surface area (Å²) in [6.45, 7) is 5.02. The molecule has 0 amide bonds. The Morgan fingerprint density at radius 2 is 1.52 bits per heavy atom. The molecule has 0 saturated carbocycles. The Balaban J connectivity index is 3.85. The second-order valence-corrected chi connectivity index (χ2v) is 7.06. The topological polar surface area (TPSA) is 89.5 Å². The second kappa shape index (κ2) is 8.14. The van der Waals surface area contributed by atoms with Gasteiger partial charge in [0.05, 0.1) is 0 Å². The Hall–Kier alpha value is -0.990. The molecule has 0 fully saturated rings. The zero-order chi connectivity index (χ0) is 19.5. The maximum absolute atomic E-state index is 13.2. The number of carbonyl (C=O) groups is 1. The third-order valence-electron chi connectivity index (χ3n) is 4.40. The van der Waals surface area contributed by atoms with E-state index in [1.165, 1.54) is 61.7 Å². The van der Waals surface area contributed by atoms with Gasteiger partial charge in [0.1, 0.15) is 6.10 Å². The Bertz CT molecular complexity index is 564. The van der Waals surface area contributed by atoms with Crippen molar-refractivity contribution in [2.75, 3.05) is 42.7 Å². The lowest BCUT2D eigenvalue weighted by Gasteiger charge is -2.53. The average Bonchev–Trinajstić information content (AvgIpc) is 2.64. The molecule has 9 heteroatoms. The van der Waals surface area contributed by atoms with E-state index in [4.69, 9.17) is 28.4 Å². The van der Waals surface area contributed by atoms with Crippen molar-refractivity contribution in [2.45, 2.75) is 29.9 Å². The van der Waals surface area contributed by atoms with E-state index in [2.05, 4.69) is 6.58 Å². The third kappa shape index (κ3) is 2.82. The molecule has 0 radical (unpaired) electrons. The molecule has 1 rings (SSSR count). The average molecular weight is 377 g/mol. The second-order valence-electron chi connectivity index (χ2n) is 5.40. The normalized spacial score (nSPS) is 27.8. The first-order valence-electron chi connectivity index (χ1n) is 7.39. The van der Waals surface area contributed by atoms with Crippen molar-refractivity contribution in [3.8, 4) is 0 Å². The van der Waals surface area contributed by atoms with E-state index in [1.807, 2.05) is 0 Å². The van der Waals surface area contributed by atoms with Gasteiger partial charge in [0.2, 0.25) is 0 Å². The molecule has 1 aliphatic carbocycles. The van der Waals surface area contributed by atoms with Gasteiger partial charge < -0.3 is 28.4 Å². The van der Waals surface area contributed by atoms with Crippen LogP contribution in [0.1, 0.15) is 6.92 Å². The van der Waals surface area contributed by atoms with Gasteiger partial charge >= 0.3 is 24.5 Å². The van der Waals surface area contributed by atoms with Gasteiger partial charge in [0, 0.05) is 54.3 Å². The first-order chi connectivity index (χ1) is 11.7. The SMILES string of the molecule is C=C(C)C(=O)[P+](=O)C1(OC)C=CC(OC)C(OC)(OC)C1(OC)OC. The molecule has 142 valence electrons. The van der Waals surface area contributed by atoms with E-state index in [1.54, 1.807) is 0 Å². The van der Waals surface area contributed by atoms with E-state index in [-0.39, 0.29) is 5.57 Å². The summed E-state index contributed by atoms with van der Waals surface area (Å²) in [5.74, 6) is -3.64. The van der Waals surface area contributed by atoms with Crippen LogP contribution in [0.2, 0.25) is 0 Å². The van der Waals surface area contributed by atoms with Gasteiger partial charge in [-0.05, 0) is 13.0 Å². The van der Waals surface area contributed by atoms with Crippen molar-refractivity contribution in [2.24, 2.45) is 0 Å². The zero-order valence-electron chi connectivity index (χ0n) is 15.7. The van der Waals surface area contributed by atoms with Crippen LogP contribution in [-0.2, 0) is 37.8 Å². The van der Waals surface area contributed by atoms with Gasteiger partial charge in [0.25, 0.3) is 5.79 Å². The van der Waals surface area contributed by atoms with E-state index < -0.39 is 36.3 Å². The van der Waals surface area contributed by atoms with Crippen LogP contribution in [-0.4, -0.2) is 71.2 Å². The van der Waals surface area contributed by atoms with Crippen LogP contribution < -0.4 is 0 Å². The molecule has 3 atom stereocenters. The van der Waals surface area contributed by atoms with Crippen molar-refractivity contribution in [1.29, 1.82) is 0 Å². The van der Waals surface area contributed by atoms with Crippen LogP contribution in [0.15, 0.2) is 24.3 Å². The zero-order valence-corrected chi connectivity index (χ0v) is 16.5. The number of methoxy groups -OCH3 is 6. The summed E-state index contributed by atoms with van der Waals surface area (Å²) in [7, 11) is 5.33. The molecule has 25 heavy (non-hydrogen) atoms. The van der Waals surface area contributed by atoms with Crippen LogP contribution in [0.5, 0.6) is 0 Å². The number of hydrogen-bond donors (Lipinski definition) is 0. The van der Waals surface area contributed by atoms with E-state index in [9.17, 15) is 9.36 Å². The maximum Gasteiger partial charge on any atom is 0.465 e. The number of ether oxygens (including phenoxy) is 6. The van der Waals surface area contributed by atoms with Gasteiger partial charge in [0.15, 0.2) is 0 Å². The molecule has 3 unspecified atom stereocenters. The lowest BCUT2D eigenvalue weighted by Crippen LogP contribution is -2.76. The van der Waals surface area contributed by atoms with Crippen molar-refractivity contribution in [1.82, 2.24) is 0 Å². The van der Waals surface area contributed by atoms with Gasteiger partial charge in [-0.2, -0.15) is 0 Å². The van der Waals surface area contributed by atoms with E-state index >= 15 is 0 Å². The fraction of sp³-hybridized carbons (Fsp3) is 0.688. The summed E-state index contributed by atoms with van der Waals surface area (Å²) in [4.78, 5) is 12.4. The van der Waals surface area contributed by atoms with Gasteiger partial charge in [-0.25, -0.2) is 4.79 Å². The van der Waals surface area contributed by atoms with Crippen molar-refractivity contribution < 1.29 is 37.8 Å². The minimum Gasteiger partial charge on any atom is -0.371 e. The van der Waals surface area contributed by atoms with E-state index in [0.717, 1.165) is 0 Å². The highest BCUT2D eigenvalue weighted by Gasteiger charge is 2.81. The fourth-order valence-electron chi connectivity index (χ4n) is 3.18. The maximum atomic E-state index is 13.2. The highest BCUT2D eigenvalue weighted by Crippen LogP contribution is 2.59. The van der Waals surface area contributed by atoms with Crippen molar-refractivity contribution >= 4 is 13.3 Å². The molecule has 8 nitrogen and oxygen atoms in total. The van der Waals surface area contributed by atoms with Gasteiger partial charge in [-0.3, -0.25) is 0 Å². The smallest absolute Gasteiger partial charge is 0.371 e. The predicted molar refractivity (Wildman–Crippen MR) is 90.6 cm³/mol. The quantitative estimate of drug-likeness (QED) is 0.260. The molecule has 0 bridgehead atoms. The molecule has 0 N–H and O–H groups in total. The fourth-order valence-corrected chi connectivity index (χ4v) is 4.82. The largest absolute Gasteiger partial charge is 0.465 e. The minimum atomic E-state index is -2.74. The van der Waals surface area contributed by atoms with Crippen LogP contribution in [0, 0.1) is 0 Å². The summed E-state index contributed by atoms with van der Waals surface area (Å²) in [5, 5.41) is -1.84. The number of allylic oxidation sites excluding steroid dienone is 1. The lowest BCUT2D eigenvalue weighted by molar-refractivity contribution is -0.435.